The minimum Gasteiger partial charge on any atom is -0.370 e. The van der Waals surface area contributed by atoms with Crippen LogP contribution in [0.25, 0.3) is 0 Å². The van der Waals surface area contributed by atoms with Crippen molar-refractivity contribution in [2.24, 2.45) is 11.7 Å². The van der Waals surface area contributed by atoms with Gasteiger partial charge in [-0.05, 0) is 51.2 Å². The number of nitrogens with zero attached hydrogens (tertiary/aromatic N) is 1. The summed E-state index contributed by atoms with van der Waals surface area (Å²) in [5.41, 5.74) is 5.15. The molecule has 2 fully saturated rings. The van der Waals surface area contributed by atoms with Gasteiger partial charge in [0.15, 0.2) is 0 Å². The smallest absolute Gasteiger partial charge is 0.218 e. The van der Waals surface area contributed by atoms with Crippen molar-refractivity contribution in [1.29, 1.82) is 0 Å². The van der Waals surface area contributed by atoms with E-state index < -0.39 is 0 Å². The molecule has 2 rings (SSSR count). The van der Waals surface area contributed by atoms with Crippen LogP contribution < -0.4 is 11.1 Å². The van der Waals surface area contributed by atoms with E-state index in [1.165, 1.54) is 32.2 Å². The third kappa shape index (κ3) is 4.10. The summed E-state index contributed by atoms with van der Waals surface area (Å²) in [6.45, 7) is 4.29. The predicted molar refractivity (Wildman–Crippen MR) is 64.0 cm³/mol. The molecule has 0 aromatic rings. The lowest BCUT2D eigenvalue weighted by Crippen LogP contribution is -2.39. The van der Waals surface area contributed by atoms with Gasteiger partial charge >= 0.3 is 0 Å². The second-order valence-corrected chi connectivity index (χ2v) is 5.18. The minimum atomic E-state index is -0.183. The number of nitrogens with two attached hydrogens (primary N) is 1. The second kappa shape index (κ2) is 5.64. The summed E-state index contributed by atoms with van der Waals surface area (Å²) in [6, 6.07) is 0.827. The Morgan fingerprint density at radius 1 is 1.25 bits per heavy atom. The summed E-state index contributed by atoms with van der Waals surface area (Å²) < 4.78 is 0. The molecule has 0 radical (unpaired) electrons. The third-order valence-electron chi connectivity index (χ3n) is 3.65. The largest absolute Gasteiger partial charge is 0.370 e. The average Bonchev–Trinajstić information content (AvgIpc) is 3.09. The van der Waals surface area contributed by atoms with Crippen LogP contribution >= 0.6 is 0 Å². The van der Waals surface area contributed by atoms with E-state index in [2.05, 4.69) is 10.2 Å². The highest BCUT2D eigenvalue weighted by atomic mass is 16.1. The Morgan fingerprint density at radius 2 is 1.94 bits per heavy atom. The Kier molecular flexibility index (Phi) is 4.18. The van der Waals surface area contributed by atoms with Crippen LogP contribution in [0.4, 0.5) is 0 Å². The first-order valence-corrected chi connectivity index (χ1v) is 6.48. The van der Waals surface area contributed by atoms with Gasteiger partial charge in [0, 0.05) is 19.0 Å². The Bertz CT molecular complexity index is 232. The first-order valence-electron chi connectivity index (χ1n) is 6.48. The number of primary amides is 1. The number of hydrogen-bond acceptors (Lipinski definition) is 3. The zero-order valence-corrected chi connectivity index (χ0v) is 9.95. The van der Waals surface area contributed by atoms with Crippen molar-refractivity contribution in [3.05, 3.63) is 0 Å². The molecule has 0 spiro atoms. The average molecular weight is 225 g/mol. The highest BCUT2D eigenvalue weighted by molar-refractivity contribution is 5.73. The molecule has 0 atom stereocenters. The summed E-state index contributed by atoms with van der Waals surface area (Å²) in [5.74, 6) is 0.656. The number of carbonyl (C=O) groups excluding carboxylic acids is 1. The monoisotopic (exact) mass is 225 g/mol. The molecule has 1 saturated heterocycles. The van der Waals surface area contributed by atoms with Gasteiger partial charge in [-0.3, -0.25) is 4.79 Å². The highest BCUT2D eigenvalue weighted by Crippen LogP contribution is 2.21. The van der Waals surface area contributed by atoms with Crippen molar-refractivity contribution in [3.63, 3.8) is 0 Å². The standard InChI is InChI=1S/C12H23N3O/c13-12(16)5-8-15-6-3-10(4-7-15)9-14-11-1-2-11/h10-11,14H,1-9H2,(H2,13,16). The normalized spacial score (nSPS) is 23.5. The van der Waals surface area contributed by atoms with Crippen molar-refractivity contribution in [2.45, 2.75) is 38.1 Å². The summed E-state index contributed by atoms with van der Waals surface area (Å²) in [6.07, 6.45) is 5.77. The van der Waals surface area contributed by atoms with E-state index >= 15 is 0 Å². The maximum absolute atomic E-state index is 10.7. The Labute approximate surface area is 97.6 Å². The number of likely N-dealkylation sites (tertiary alicyclic amines) is 1. The number of amides is 1. The van der Waals surface area contributed by atoms with Gasteiger partial charge in [0.1, 0.15) is 0 Å². The van der Waals surface area contributed by atoms with E-state index in [0.717, 1.165) is 31.6 Å². The van der Waals surface area contributed by atoms with Gasteiger partial charge in [-0.25, -0.2) is 0 Å². The first-order chi connectivity index (χ1) is 7.74. The predicted octanol–water partition coefficient (Wildman–Crippen LogP) is 0.326. The molecular formula is C12H23N3O. The maximum atomic E-state index is 10.7. The van der Waals surface area contributed by atoms with E-state index in [0.29, 0.717) is 6.42 Å². The number of rotatable bonds is 6. The fourth-order valence-electron chi connectivity index (χ4n) is 2.30. The second-order valence-electron chi connectivity index (χ2n) is 5.18. The zero-order chi connectivity index (χ0) is 11.4. The van der Waals surface area contributed by atoms with Crippen molar-refractivity contribution in [3.8, 4) is 0 Å². The fraction of sp³-hybridized carbons (Fsp3) is 0.917. The van der Waals surface area contributed by atoms with E-state index in [9.17, 15) is 4.79 Å². The molecule has 4 nitrogen and oxygen atoms in total. The van der Waals surface area contributed by atoms with Crippen LogP contribution in [0.5, 0.6) is 0 Å². The molecule has 0 aromatic heterocycles. The molecule has 2 aliphatic rings. The molecule has 3 N–H and O–H groups in total. The van der Waals surface area contributed by atoms with Gasteiger partial charge < -0.3 is 16.0 Å². The van der Waals surface area contributed by atoms with Crippen LogP contribution in [-0.2, 0) is 4.79 Å². The maximum Gasteiger partial charge on any atom is 0.218 e. The molecule has 1 heterocycles. The van der Waals surface area contributed by atoms with Gasteiger partial charge in [-0.2, -0.15) is 0 Å². The summed E-state index contributed by atoms with van der Waals surface area (Å²) in [5, 5.41) is 3.60. The van der Waals surface area contributed by atoms with Crippen molar-refractivity contribution >= 4 is 5.91 Å². The van der Waals surface area contributed by atoms with Gasteiger partial charge in [0.25, 0.3) is 0 Å². The lowest BCUT2D eigenvalue weighted by molar-refractivity contribution is -0.118. The van der Waals surface area contributed by atoms with E-state index in [1.807, 2.05) is 0 Å². The van der Waals surface area contributed by atoms with Crippen molar-refractivity contribution < 1.29 is 4.79 Å². The molecule has 1 amide bonds. The van der Waals surface area contributed by atoms with E-state index in [-0.39, 0.29) is 5.91 Å². The molecule has 1 aliphatic heterocycles. The van der Waals surface area contributed by atoms with Gasteiger partial charge in [-0.15, -0.1) is 0 Å². The van der Waals surface area contributed by atoms with Crippen LogP contribution in [0.15, 0.2) is 0 Å². The molecule has 1 saturated carbocycles. The molecule has 4 heteroatoms. The van der Waals surface area contributed by atoms with E-state index in [4.69, 9.17) is 5.73 Å². The number of piperidine rings is 1. The molecule has 92 valence electrons. The number of nitrogens with one attached hydrogen (secondary N) is 1. The van der Waals surface area contributed by atoms with Crippen LogP contribution in [0.2, 0.25) is 0 Å². The Morgan fingerprint density at radius 3 is 2.50 bits per heavy atom. The summed E-state index contributed by atoms with van der Waals surface area (Å²) in [4.78, 5) is 13.0. The van der Waals surface area contributed by atoms with Crippen molar-refractivity contribution in [2.75, 3.05) is 26.2 Å². The molecular weight excluding hydrogens is 202 g/mol. The highest BCUT2D eigenvalue weighted by Gasteiger charge is 2.24. The van der Waals surface area contributed by atoms with Crippen LogP contribution in [-0.4, -0.2) is 43.0 Å². The fourth-order valence-corrected chi connectivity index (χ4v) is 2.30. The van der Waals surface area contributed by atoms with E-state index in [1.54, 1.807) is 0 Å². The molecule has 0 bridgehead atoms. The topological polar surface area (TPSA) is 58.4 Å². The summed E-state index contributed by atoms with van der Waals surface area (Å²) in [7, 11) is 0. The van der Waals surface area contributed by atoms with Crippen molar-refractivity contribution in [1.82, 2.24) is 10.2 Å². The Hall–Kier alpha value is -0.610. The zero-order valence-electron chi connectivity index (χ0n) is 9.95. The lowest BCUT2D eigenvalue weighted by atomic mass is 9.96. The van der Waals surface area contributed by atoms with Gasteiger partial charge in [-0.1, -0.05) is 0 Å². The lowest BCUT2D eigenvalue weighted by Gasteiger charge is -2.31. The van der Waals surface area contributed by atoms with Gasteiger partial charge in [0.2, 0.25) is 5.91 Å². The number of carbonyl (C=O) groups is 1. The number of hydrogen-bond donors (Lipinski definition) is 2. The SMILES string of the molecule is NC(=O)CCN1CCC(CNC2CC2)CC1. The molecule has 1 aliphatic carbocycles. The van der Waals surface area contributed by atoms with Crippen LogP contribution in [0.3, 0.4) is 0 Å². The van der Waals surface area contributed by atoms with Crippen LogP contribution in [0.1, 0.15) is 32.1 Å². The minimum absolute atomic E-state index is 0.183. The molecule has 0 unspecified atom stereocenters. The first kappa shape index (κ1) is 11.9. The van der Waals surface area contributed by atoms with Crippen LogP contribution in [0, 0.1) is 5.92 Å². The quantitative estimate of drug-likeness (QED) is 0.685. The molecule has 0 aromatic carbocycles. The molecule has 16 heavy (non-hydrogen) atoms. The Balaban J connectivity index is 1.56. The summed E-state index contributed by atoms with van der Waals surface area (Å²) >= 11 is 0. The third-order valence-corrected chi connectivity index (χ3v) is 3.65. The van der Waals surface area contributed by atoms with Gasteiger partial charge in [0.05, 0.1) is 0 Å².